The Kier molecular flexibility index (Phi) is 6.38. The second-order valence-electron chi connectivity index (χ2n) is 12.0. The zero-order valence-corrected chi connectivity index (χ0v) is 21.6. The van der Waals surface area contributed by atoms with Crippen LogP contribution in [0.2, 0.25) is 0 Å². The van der Waals surface area contributed by atoms with Crippen molar-refractivity contribution in [1.82, 2.24) is 0 Å². The monoisotopic (exact) mass is 512 g/mol. The van der Waals surface area contributed by atoms with Gasteiger partial charge < -0.3 is 20.1 Å². The second-order valence-corrected chi connectivity index (χ2v) is 12.0. The molecule has 7 heteroatoms. The maximum Gasteiger partial charge on any atom is 0.192 e. The molecule has 0 heterocycles. The SMILES string of the molecule is C=C(COC1C[C@H]2[C@@H]3CCC4=CC(=O)CC[C@]4(C)[C@@]3(F)C(O)C[C@]2(C)[C@@]1(O)C(=O)CO)c1ccccc1. The Hall–Kier alpha value is -2.19. The number of carbonyl (C=O) groups excluding carboxylic acids is 2. The van der Waals surface area contributed by atoms with Crippen LogP contribution in [0.15, 0.2) is 48.6 Å². The van der Waals surface area contributed by atoms with Gasteiger partial charge in [-0.2, -0.15) is 0 Å². The van der Waals surface area contributed by atoms with E-state index in [-0.39, 0.29) is 31.7 Å². The summed E-state index contributed by atoms with van der Waals surface area (Å²) < 4.78 is 23.6. The lowest BCUT2D eigenvalue weighted by atomic mass is 9.44. The molecule has 3 N–H and O–H groups in total. The van der Waals surface area contributed by atoms with Crippen molar-refractivity contribution in [3.8, 4) is 0 Å². The van der Waals surface area contributed by atoms with Crippen molar-refractivity contribution in [3.05, 3.63) is 54.1 Å². The number of halogens is 1. The number of alkyl halides is 1. The summed E-state index contributed by atoms with van der Waals surface area (Å²) in [7, 11) is 0. The first kappa shape index (κ1) is 26.4. The number of Topliss-reactive ketones (excluding diaryl/α,β-unsaturated/α-hetero) is 1. The van der Waals surface area contributed by atoms with E-state index >= 15 is 4.39 Å². The number of rotatable bonds is 6. The second kappa shape index (κ2) is 8.94. The van der Waals surface area contributed by atoms with Gasteiger partial charge in [-0.1, -0.05) is 56.3 Å². The minimum absolute atomic E-state index is 0.0134. The molecule has 2 unspecified atom stereocenters. The van der Waals surface area contributed by atoms with Crippen molar-refractivity contribution in [2.24, 2.45) is 22.7 Å². The maximum atomic E-state index is 17.4. The lowest BCUT2D eigenvalue weighted by Crippen LogP contribution is -2.70. The van der Waals surface area contributed by atoms with Gasteiger partial charge in [0.05, 0.1) is 18.8 Å². The Morgan fingerprint density at radius 2 is 1.89 bits per heavy atom. The molecule has 1 aromatic rings. The summed E-state index contributed by atoms with van der Waals surface area (Å²) in [4.78, 5) is 25.3. The minimum Gasteiger partial charge on any atom is -0.390 e. The van der Waals surface area contributed by atoms with Crippen LogP contribution in [0.4, 0.5) is 4.39 Å². The zero-order valence-electron chi connectivity index (χ0n) is 21.6. The van der Waals surface area contributed by atoms with Crippen LogP contribution in [0.1, 0.15) is 57.9 Å². The molecular weight excluding hydrogens is 475 g/mol. The van der Waals surface area contributed by atoms with Gasteiger partial charge in [-0.05, 0) is 55.2 Å². The number of ether oxygens (including phenoxy) is 1. The van der Waals surface area contributed by atoms with E-state index in [1.54, 1.807) is 19.9 Å². The predicted octanol–water partition coefficient (Wildman–Crippen LogP) is 3.58. The summed E-state index contributed by atoms with van der Waals surface area (Å²) in [6.07, 6.45) is 0.668. The molecule has 0 aliphatic heterocycles. The van der Waals surface area contributed by atoms with Crippen LogP contribution in [-0.4, -0.2) is 63.6 Å². The highest BCUT2D eigenvalue weighted by atomic mass is 19.1. The van der Waals surface area contributed by atoms with E-state index in [0.29, 0.717) is 24.8 Å². The molecule has 0 spiro atoms. The van der Waals surface area contributed by atoms with Crippen LogP contribution in [0.5, 0.6) is 0 Å². The van der Waals surface area contributed by atoms with E-state index in [2.05, 4.69) is 6.58 Å². The average Bonchev–Trinajstić information content (AvgIpc) is 3.11. The largest absolute Gasteiger partial charge is 0.390 e. The molecule has 4 aliphatic carbocycles. The number of aliphatic hydroxyl groups excluding tert-OH is 2. The summed E-state index contributed by atoms with van der Waals surface area (Å²) in [5.74, 6) is -1.90. The molecule has 0 amide bonds. The fourth-order valence-electron chi connectivity index (χ4n) is 8.33. The summed E-state index contributed by atoms with van der Waals surface area (Å²) in [5.41, 5.74) is -4.01. The molecule has 200 valence electrons. The quantitative estimate of drug-likeness (QED) is 0.538. The maximum absolute atomic E-state index is 17.4. The van der Waals surface area contributed by atoms with Gasteiger partial charge in [0.1, 0.15) is 12.3 Å². The molecule has 0 bridgehead atoms. The Morgan fingerprint density at radius 3 is 2.57 bits per heavy atom. The van der Waals surface area contributed by atoms with Crippen molar-refractivity contribution < 1.29 is 34.0 Å². The van der Waals surface area contributed by atoms with E-state index in [4.69, 9.17) is 4.74 Å². The molecule has 8 atom stereocenters. The Bertz CT molecular complexity index is 1150. The number of fused-ring (bicyclic) bond motifs is 5. The van der Waals surface area contributed by atoms with E-state index in [1.807, 2.05) is 30.3 Å². The Balaban J connectivity index is 1.51. The van der Waals surface area contributed by atoms with E-state index < -0.39 is 58.5 Å². The summed E-state index contributed by atoms with van der Waals surface area (Å²) in [5, 5.41) is 33.3. The van der Waals surface area contributed by atoms with Gasteiger partial charge >= 0.3 is 0 Å². The zero-order chi connectivity index (χ0) is 26.8. The van der Waals surface area contributed by atoms with E-state index in [0.717, 1.165) is 11.1 Å². The average molecular weight is 513 g/mol. The third-order valence-corrected chi connectivity index (χ3v) is 10.4. The minimum atomic E-state index is -2.09. The topological polar surface area (TPSA) is 104 Å². The Morgan fingerprint density at radius 1 is 1.19 bits per heavy atom. The Labute approximate surface area is 217 Å². The summed E-state index contributed by atoms with van der Waals surface area (Å²) in [6.45, 7) is 6.78. The first-order valence-corrected chi connectivity index (χ1v) is 13.3. The third kappa shape index (κ3) is 3.50. The highest BCUT2D eigenvalue weighted by Crippen LogP contribution is 2.70. The van der Waals surface area contributed by atoms with Crippen LogP contribution in [0.25, 0.3) is 5.57 Å². The molecule has 0 radical (unpaired) electrons. The molecule has 4 aliphatic rings. The fourth-order valence-corrected chi connectivity index (χ4v) is 8.33. The van der Waals surface area contributed by atoms with Gasteiger partial charge in [-0.3, -0.25) is 9.59 Å². The molecule has 3 fully saturated rings. The lowest BCUT2D eigenvalue weighted by molar-refractivity contribution is -0.231. The highest BCUT2D eigenvalue weighted by molar-refractivity contribution is 5.92. The van der Waals surface area contributed by atoms with Crippen molar-refractivity contribution in [2.75, 3.05) is 13.2 Å². The van der Waals surface area contributed by atoms with Crippen LogP contribution < -0.4 is 0 Å². The molecule has 1 aromatic carbocycles. The van der Waals surface area contributed by atoms with Gasteiger partial charge in [0.15, 0.2) is 17.2 Å². The van der Waals surface area contributed by atoms with E-state index in [9.17, 15) is 24.9 Å². The molecule has 3 saturated carbocycles. The highest BCUT2D eigenvalue weighted by Gasteiger charge is 2.76. The number of ketones is 2. The number of hydrogen-bond donors (Lipinski definition) is 3. The number of carbonyl (C=O) groups is 2. The standard InChI is InChI=1S/C30H37FO6/c1-18(19-7-5-4-6-8-19)17-37-26-14-23-22-10-9-20-13-21(33)11-12-27(20,2)29(22,31)24(34)15-28(23,3)30(26,36)25(35)16-32/h4-8,13,22-24,26,32,34,36H,1,9-12,14-17H2,2-3H3/t22-,23-,24?,26?,27-,28-,29-,30+/m0/s1. The van der Waals surface area contributed by atoms with Crippen LogP contribution in [0.3, 0.4) is 0 Å². The lowest BCUT2D eigenvalue weighted by Gasteiger charge is -2.63. The fraction of sp³-hybridized carbons (Fsp3) is 0.600. The number of benzene rings is 1. The van der Waals surface area contributed by atoms with Gasteiger partial charge in [0.25, 0.3) is 0 Å². The van der Waals surface area contributed by atoms with Crippen molar-refractivity contribution in [1.29, 1.82) is 0 Å². The molecular formula is C30H37FO6. The van der Waals surface area contributed by atoms with Crippen molar-refractivity contribution in [2.45, 2.75) is 75.9 Å². The number of hydrogen-bond acceptors (Lipinski definition) is 6. The summed E-state index contributed by atoms with van der Waals surface area (Å²) >= 11 is 0. The van der Waals surface area contributed by atoms with Crippen molar-refractivity contribution >= 4 is 17.1 Å². The van der Waals surface area contributed by atoms with Crippen LogP contribution in [-0.2, 0) is 14.3 Å². The normalized spacial score (nSPS) is 42.9. The van der Waals surface area contributed by atoms with Gasteiger partial charge in [0.2, 0.25) is 0 Å². The van der Waals surface area contributed by atoms with E-state index in [1.165, 1.54) is 0 Å². The van der Waals surface area contributed by atoms with Gasteiger partial charge in [-0.15, -0.1) is 0 Å². The first-order chi connectivity index (χ1) is 17.4. The molecule has 6 nitrogen and oxygen atoms in total. The van der Waals surface area contributed by atoms with Crippen LogP contribution >= 0.6 is 0 Å². The number of allylic oxidation sites excluding steroid dienone is 1. The smallest absolute Gasteiger partial charge is 0.192 e. The molecule has 37 heavy (non-hydrogen) atoms. The number of aliphatic hydroxyl groups is 3. The molecule has 0 aromatic heterocycles. The van der Waals surface area contributed by atoms with Gasteiger partial charge in [-0.25, -0.2) is 4.39 Å². The predicted molar refractivity (Wildman–Crippen MR) is 136 cm³/mol. The molecule has 5 rings (SSSR count). The van der Waals surface area contributed by atoms with Crippen molar-refractivity contribution in [3.63, 3.8) is 0 Å². The van der Waals surface area contributed by atoms with Gasteiger partial charge in [0, 0.05) is 23.2 Å². The first-order valence-electron chi connectivity index (χ1n) is 13.3. The summed E-state index contributed by atoms with van der Waals surface area (Å²) in [6, 6.07) is 9.43. The van der Waals surface area contributed by atoms with Crippen LogP contribution in [0, 0.1) is 22.7 Å². The third-order valence-electron chi connectivity index (χ3n) is 10.4. The molecule has 0 saturated heterocycles.